The molecule has 10 heteroatoms. The van der Waals surface area contributed by atoms with Crippen LogP contribution in [0.5, 0.6) is 0 Å². The molecule has 0 unspecified atom stereocenters. The molecule has 33 heavy (non-hydrogen) atoms. The van der Waals surface area contributed by atoms with Gasteiger partial charge in [-0.3, -0.25) is 14.4 Å². The van der Waals surface area contributed by atoms with Crippen molar-refractivity contribution in [1.82, 2.24) is 0 Å². The van der Waals surface area contributed by atoms with Crippen LogP contribution in [0.3, 0.4) is 0 Å². The number of rotatable bonds is 10. The number of benzene rings is 2. The number of carbonyl (C=O) groups excluding carboxylic acids is 4. The summed E-state index contributed by atoms with van der Waals surface area (Å²) < 4.78 is 10.7. The lowest BCUT2D eigenvalue weighted by Crippen LogP contribution is -2.21. The van der Waals surface area contributed by atoms with E-state index in [1.807, 2.05) is 0 Å². The molecule has 2 N–H and O–H groups in total. The maximum absolute atomic E-state index is 12.0. The molecule has 0 aliphatic heterocycles. The van der Waals surface area contributed by atoms with E-state index in [0.717, 1.165) is 0 Å². The van der Waals surface area contributed by atoms with E-state index in [1.54, 1.807) is 56.3 Å². The second kappa shape index (κ2) is 13.0. The van der Waals surface area contributed by atoms with Crippen LogP contribution in [-0.4, -0.2) is 36.5 Å². The van der Waals surface area contributed by atoms with E-state index in [1.165, 1.54) is 0 Å². The van der Waals surface area contributed by atoms with Crippen molar-refractivity contribution >= 4 is 62.7 Å². The predicted octanol–water partition coefficient (Wildman–Crippen LogP) is 4.96. The molecule has 0 heterocycles. The van der Waals surface area contributed by atoms with Gasteiger partial charge in [-0.25, -0.2) is 4.79 Å². The highest BCUT2D eigenvalue weighted by atomic mass is 79.9. The van der Waals surface area contributed by atoms with E-state index < -0.39 is 24.5 Å². The molecular weight excluding hydrogens is 516 g/mol. The van der Waals surface area contributed by atoms with Crippen LogP contribution >= 0.6 is 27.5 Å². The van der Waals surface area contributed by atoms with E-state index in [0.29, 0.717) is 26.4 Å². The highest BCUT2D eigenvalue weighted by Gasteiger charge is 2.12. The Morgan fingerprint density at radius 2 is 1.58 bits per heavy atom. The fourth-order valence-electron chi connectivity index (χ4n) is 2.58. The normalized spacial score (nSPS) is 10.5. The summed E-state index contributed by atoms with van der Waals surface area (Å²) >= 11 is 9.21. The Bertz CT molecular complexity index is 1010. The summed E-state index contributed by atoms with van der Waals surface area (Å²) in [6.07, 6.45) is 0.122. The number of halogens is 2. The SMILES string of the molecule is CC(C)OC(=O)c1ccc(NC(=O)CCCC(=O)OCC(=O)Nc2ccc(Br)c(Cl)c2)cc1. The van der Waals surface area contributed by atoms with Gasteiger partial charge in [0.05, 0.1) is 16.7 Å². The quantitative estimate of drug-likeness (QED) is 0.413. The molecule has 2 rings (SSSR count). The van der Waals surface area contributed by atoms with Gasteiger partial charge in [0.25, 0.3) is 5.91 Å². The molecule has 0 atom stereocenters. The average molecular weight is 540 g/mol. The maximum Gasteiger partial charge on any atom is 0.338 e. The zero-order chi connectivity index (χ0) is 24.4. The van der Waals surface area contributed by atoms with Gasteiger partial charge in [0, 0.05) is 28.7 Å². The van der Waals surface area contributed by atoms with Crippen molar-refractivity contribution in [3.63, 3.8) is 0 Å². The van der Waals surface area contributed by atoms with Crippen LogP contribution in [0.2, 0.25) is 5.02 Å². The van der Waals surface area contributed by atoms with Gasteiger partial charge in [0.1, 0.15) is 0 Å². The molecule has 0 spiro atoms. The number of hydrogen-bond acceptors (Lipinski definition) is 6. The minimum absolute atomic E-state index is 0.00913. The van der Waals surface area contributed by atoms with Gasteiger partial charge in [0.2, 0.25) is 5.91 Å². The molecule has 0 aromatic heterocycles. The van der Waals surface area contributed by atoms with Gasteiger partial charge in [-0.05, 0) is 78.7 Å². The maximum atomic E-state index is 12.0. The van der Waals surface area contributed by atoms with E-state index in [9.17, 15) is 19.2 Å². The highest BCUT2D eigenvalue weighted by molar-refractivity contribution is 9.10. The summed E-state index contributed by atoms with van der Waals surface area (Å²) in [5, 5.41) is 5.70. The predicted molar refractivity (Wildman–Crippen MR) is 128 cm³/mol. The second-order valence-corrected chi connectivity index (χ2v) is 8.53. The summed E-state index contributed by atoms with van der Waals surface area (Å²) in [4.78, 5) is 47.6. The average Bonchev–Trinajstić information content (AvgIpc) is 2.75. The third-order valence-corrected chi connectivity index (χ3v) is 5.33. The lowest BCUT2D eigenvalue weighted by molar-refractivity contribution is -0.147. The molecule has 0 aliphatic rings. The van der Waals surface area contributed by atoms with Crippen LogP contribution in [0.1, 0.15) is 43.5 Å². The Morgan fingerprint density at radius 3 is 2.21 bits per heavy atom. The van der Waals surface area contributed by atoms with Crippen molar-refractivity contribution in [2.45, 2.75) is 39.2 Å². The van der Waals surface area contributed by atoms with Crippen LogP contribution in [-0.2, 0) is 23.9 Å². The van der Waals surface area contributed by atoms with E-state index in [-0.39, 0.29) is 31.3 Å². The molecule has 0 saturated carbocycles. The van der Waals surface area contributed by atoms with Crippen LogP contribution < -0.4 is 10.6 Å². The molecule has 2 aromatic rings. The van der Waals surface area contributed by atoms with Crippen LogP contribution in [0.15, 0.2) is 46.9 Å². The minimum atomic E-state index is -0.584. The van der Waals surface area contributed by atoms with Crippen molar-refractivity contribution in [3.8, 4) is 0 Å². The van der Waals surface area contributed by atoms with E-state index in [4.69, 9.17) is 21.1 Å². The van der Waals surface area contributed by atoms with Crippen molar-refractivity contribution in [2.24, 2.45) is 0 Å². The Balaban J connectivity index is 1.66. The summed E-state index contributed by atoms with van der Waals surface area (Å²) in [6.45, 7) is 3.08. The fourth-order valence-corrected chi connectivity index (χ4v) is 3.00. The third-order valence-electron chi connectivity index (χ3n) is 4.10. The molecule has 0 fully saturated rings. The van der Waals surface area contributed by atoms with Gasteiger partial charge in [-0.2, -0.15) is 0 Å². The van der Waals surface area contributed by atoms with Crippen molar-refractivity contribution in [1.29, 1.82) is 0 Å². The fraction of sp³-hybridized carbons (Fsp3) is 0.304. The monoisotopic (exact) mass is 538 g/mol. The first-order valence-corrected chi connectivity index (χ1v) is 11.3. The lowest BCUT2D eigenvalue weighted by Gasteiger charge is -2.09. The minimum Gasteiger partial charge on any atom is -0.459 e. The molecule has 176 valence electrons. The van der Waals surface area contributed by atoms with Gasteiger partial charge in [0.15, 0.2) is 6.61 Å². The number of amides is 2. The van der Waals surface area contributed by atoms with Gasteiger partial charge in [-0.1, -0.05) is 11.6 Å². The smallest absolute Gasteiger partial charge is 0.338 e. The van der Waals surface area contributed by atoms with Crippen LogP contribution in [0.4, 0.5) is 11.4 Å². The zero-order valence-electron chi connectivity index (χ0n) is 18.2. The molecule has 0 aliphatic carbocycles. The number of anilines is 2. The van der Waals surface area contributed by atoms with Gasteiger partial charge in [-0.15, -0.1) is 0 Å². The number of nitrogens with one attached hydrogen (secondary N) is 2. The molecule has 0 saturated heterocycles. The number of hydrogen-bond donors (Lipinski definition) is 2. The van der Waals surface area contributed by atoms with Crippen LogP contribution in [0.25, 0.3) is 0 Å². The van der Waals surface area contributed by atoms with Crippen LogP contribution in [0, 0.1) is 0 Å². The first kappa shape index (κ1) is 26.3. The Labute approximate surface area is 205 Å². The Kier molecular flexibility index (Phi) is 10.3. The molecule has 8 nitrogen and oxygen atoms in total. The summed E-state index contributed by atoms with van der Waals surface area (Å²) in [6, 6.07) is 11.2. The largest absolute Gasteiger partial charge is 0.459 e. The summed E-state index contributed by atoms with van der Waals surface area (Å²) in [5.74, 6) is -1.80. The number of esters is 2. The standard InChI is InChI=1S/C23H24BrClN2O6/c1-14(2)33-23(31)15-6-8-16(9-7-15)26-20(28)4-3-5-22(30)32-13-21(29)27-17-10-11-18(24)19(25)12-17/h6-12,14H,3-5,13H2,1-2H3,(H,26,28)(H,27,29). The first-order chi connectivity index (χ1) is 15.6. The van der Waals surface area contributed by atoms with Crippen molar-refractivity contribution in [2.75, 3.05) is 17.2 Å². The number of carbonyl (C=O) groups is 4. The Morgan fingerprint density at radius 1 is 0.939 bits per heavy atom. The second-order valence-electron chi connectivity index (χ2n) is 7.27. The molecule has 0 radical (unpaired) electrons. The number of ether oxygens (including phenoxy) is 2. The van der Waals surface area contributed by atoms with E-state index in [2.05, 4.69) is 26.6 Å². The van der Waals surface area contributed by atoms with Crippen molar-refractivity contribution < 1.29 is 28.7 Å². The van der Waals surface area contributed by atoms with Gasteiger partial charge < -0.3 is 20.1 Å². The summed E-state index contributed by atoms with van der Waals surface area (Å²) in [5.41, 5.74) is 1.39. The first-order valence-electron chi connectivity index (χ1n) is 10.2. The molecule has 2 aromatic carbocycles. The highest BCUT2D eigenvalue weighted by Crippen LogP contribution is 2.25. The molecule has 2 amide bonds. The summed E-state index contributed by atoms with van der Waals surface area (Å²) in [7, 11) is 0. The lowest BCUT2D eigenvalue weighted by atomic mass is 10.2. The topological polar surface area (TPSA) is 111 Å². The molecule has 0 bridgehead atoms. The third kappa shape index (κ3) is 9.63. The van der Waals surface area contributed by atoms with E-state index >= 15 is 0 Å². The Hall–Kier alpha value is -2.91. The van der Waals surface area contributed by atoms with Crippen molar-refractivity contribution in [3.05, 3.63) is 57.5 Å². The zero-order valence-corrected chi connectivity index (χ0v) is 20.5. The molecular formula is C23H24BrClN2O6. The van der Waals surface area contributed by atoms with Gasteiger partial charge >= 0.3 is 11.9 Å².